The summed E-state index contributed by atoms with van der Waals surface area (Å²) in [5.74, 6) is -0.484. The second-order valence-electron chi connectivity index (χ2n) is 2.60. The van der Waals surface area contributed by atoms with E-state index in [0.29, 0.717) is 12.3 Å². The maximum absolute atomic E-state index is 10.8. The topological polar surface area (TPSA) is 64.7 Å². The Morgan fingerprint density at radius 1 is 1.64 bits per heavy atom. The molecule has 11 heavy (non-hydrogen) atoms. The summed E-state index contributed by atoms with van der Waals surface area (Å²) in [4.78, 5) is 15.3. The van der Waals surface area contributed by atoms with Gasteiger partial charge in [0.1, 0.15) is 0 Å². The van der Waals surface area contributed by atoms with Crippen LogP contribution in [0.3, 0.4) is 0 Å². The largest absolute Gasteiger partial charge is 0.337 e. The van der Waals surface area contributed by atoms with E-state index < -0.39 is 0 Å². The summed E-state index contributed by atoms with van der Waals surface area (Å²) in [5, 5.41) is 3.51. The van der Waals surface area contributed by atoms with Crippen molar-refractivity contribution >= 4 is 11.7 Å². The average molecular weight is 158 g/mol. The second-order valence-corrected chi connectivity index (χ2v) is 2.60. The monoisotopic (exact) mass is 158 g/mol. The van der Waals surface area contributed by atoms with Crippen LogP contribution >= 0.6 is 0 Å². The van der Waals surface area contributed by atoms with Gasteiger partial charge in [0.15, 0.2) is 0 Å². The molecule has 0 aliphatic carbocycles. The summed E-state index contributed by atoms with van der Waals surface area (Å²) < 4.78 is 0. The molecule has 0 saturated carbocycles. The standard InChI is InChI=1S/C7H14N2O2/c1-5(2)7(10)11-9-6(3)4-8/h5H,4,8H2,1-3H3. The first kappa shape index (κ1) is 10.1. The highest BCUT2D eigenvalue weighted by molar-refractivity contribution is 5.84. The van der Waals surface area contributed by atoms with Crippen molar-refractivity contribution in [1.82, 2.24) is 0 Å². The molecule has 0 aromatic carbocycles. The Kier molecular flexibility index (Phi) is 4.45. The molecular formula is C7H14N2O2. The molecule has 0 fully saturated rings. The highest BCUT2D eigenvalue weighted by Crippen LogP contribution is 1.95. The fourth-order valence-corrected chi connectivity index (χ4v) is 0.266. The van der Waals surface area contributed by atoms with Crippen LogP contribution in [-0.2, 0) is 9.63 Å². The molecule has 0 rings (SSSR count). The minimum atomic E-state index is -0.335. The third-order valence-electron chi connectivity index (χ3n) is 1.06. The normalized spacial score (nSPS) is 11.9. The van der Waals surface area contributed by atoms with Gasteiger partial charge >= 0.3 is 5.97 Å². The van der Waals surface area contributed by atoms with Gasteiger partial charge in [-0.25, -0.2) is 4.79 Å². The van der Waals surface area contributed by atoms with E-state index in [0.717, 1.165) is 0 Å². The number of carbonyl (C=O) groups is 1. The molecule has 2 N–H and O–H groups in total. The van der Waals surface area contributed by atoms with Crippen LogP contribution in [0.1, 0.15) is 20.8 Å². The maximum Gasteiger partial charge on any atom is 0.337 e. The molecule has 0 aliphatic heterocycles. The van der Waals surface area contributed by atoms with Crippen molar-refractivity contribution in [1.29, 1.82) is 0 Å². The SMILES string of the molecule is CC(CN)=NOC(=O)C(C)C. The molecule has 64 valence electrons. The Labute approximate surface area is 66.4 Å². The predicted molar refractivity (Wildman–Crippen MR) is 43.1 cm³/mol. The third-order valence-corrected chi connectivity index (χ3v) is 1.06. The first-order chi connectivity index (χ1) is 5.07. The van der Waals surface area contributed by atoms with Crippen molar-refractivity contribution in [3.63, 3.8) is 0 Å². The number of hydrogen-bond acceptors (Lipinski definition) is 4. The molecule has 0 aliphatic rings. The Morgan fingerprint density at radius 2 is 2.18 bits per heavy atom. The molecule has 0 unspecified atom stereocenters. The van der Waals surface area contributed by atoms with E-state index in [-0.39, 0.29) is 11.9 Å². The molecule has 0 radical (unpaired) electrons. The maximum atomic E-state index is 10.8. The number of rotatable bonds is 3. The molecule has 0 amide bonds. The Balaban J connectivity index is 3.78. The average Bonchev–Trinajstić information content (AvgIpc) is 1.99. The van der Waals surface area contributed by atoms with Gasteiger partial charge in [0.25, 0.3) is 0 Å². The smallest absolute Gasteiger partial charge is 0.325 e. The Hall–Kier alpha value is -0.900. The summed E-state index contributed by atoms with van der Waals surface area (Å²) in [6.07, 6.45) is 0. The first-order valence-electron chi connectivity index (χ1n) is 3.52. The van der Waals surface area contributed by atoms with Gasteiger partial charge in [-0.05, 0) is 6.92 Å². The zero-order valence-corrected chi connectivity index (χ0v) is 7.13. The zero-order chi connectivity index (χ0) is 8.85. The zero-order valence-electron chi connectivity index (χ0n) is 7.13. The van der Waals surface area contributed by atoms with E-state index in [1.165, 1.54) is 0 Å². The predicted octanol–water partition coefficient (Wildman–Crippen LogP) is 0.520. The lowest BCUT2D eigenvalue weighted by Crippen LogP contribution is -2.13. The molecule has 4 heteroatoms. The third kappa shape index (κ3) is 4.50. The van der Waals surface area contributed by atoms with Crippen LogP contribution in [0.25, 0.3) is 0 Å². The van der Waals surface area contributed by atoms with E-state index in [1.54, 1.807) is 20.8 Å². The van der Waals surface area contributed by atoms with Gasteiger partial charge in [0.2, 0.25) is 0 Å². The van der Waals surface area contributed by atoms with Crippen molar-refractivity contribution < 1.29 is 9.63 Å². The van der Waals surface area contributed by atoms with Crippen molar-refractivity contribution in [2.45, 2.75) is 20.8 Å². The van der Waals surface area contributed by atoms with Gasteiger partial charge in [0, 0.05) is 6.54 Å². The van der Waals surface area contributed by atoms with Crippen LogP contribution in [-0.4, -0.2) is 18.2 Å². The molecule has 0 aromatic heterocycles. The summed E-state index contributed by atoms with van der Waals surface area (Å²) in [6.45, 7) is 5.50. The van der Waals surface area contributed by atoms with Gasteiger partial charge < -0.3 is 10.6 Å². The van der Waals surface area contributed by atoms with Gasteiger partial charge in [-0.2, -0.15) is 0 Å². The van der Waals surface area contributed by atoms with Crippen molar-refractivity contribution in [3.8, 4) is 0 Å². The highest BCUT2D eigenvalue weighted by atomic mass is 16.7. The van der Waals surface area contributed by atoms with E-state index >= 15 is 0 Å². The molecule has 0 spiro atoms. The van der Waals surface area contributed by atoms with E-state index in [1.807, 2.05) is 0 Å². The van der Waals surface area contributed by atoms with Gasteiger partial charge in [-0.15, -0.1) is 0 Å². The van der Waals surface area contributed by atoms with Gasteiger partial charge in [-0.3, -0.25) is 0 Å². The van der Waals surface area contributed by atoms with Crippen LogP contribution < -0.4 is 5.73 Å². The van der Waals surface area contributed by atoms with Gasteiger partial charge in [-0.1, -0.05) is 19.0 Å². The van der Waals surface area contributed by atoms with Crippen LogP contribution in [0.2, 0.25) is 0 Å². The minimum absolute atomic E-state index is 0.149. The first-order valence-corrected chi connectivity index (χ1v) is 3.52. The number of oxime groups is 1. The quantitative estimate of drug-likeness (QED) is 0.370. The van der Waals surface area contributed by atoms with Crippen LogP contribution in [0, 0.1) is 5.92 Å². The Bertz CT molecular complexity index is 164. The van der Waals surface area contributed by atoms with Crippen LogP contribution in [0.5, 0.6) is 0 Å². The number of nitrogens with zero attached hydrogens (tertiary/aromatic N) is 1. The van der Waals surface area contributed by atoms with Crippen molar-refractivity contribution in [2.24, 2.45) is 16.8 Å². The van der Waals surface area contributed by atoms with Crippen molar-refractivity contribution in [2.75, 3.05) is 6.54 Å². The molecular weight excluding hydrogens is 144 g/mol. The molecule has 0 heterocycles. The minimum Gasteiger partial charge on any atom is -0.325 e. The second kappa shape index (κ2) is 4.85. The van der Waals surface area contributed by atoms with E-state index in [4.69, 9.17) is 5.73 Å². The number of carbonyl (C=O) groups excluding carboxylic acids is 1. The van der Waals surface area contributed by atoms with E-state index in [9.17, 15) is 4.79 Å². The fourth-order valence-electron chi connectivity index (χ4n) is 0.266. The van der Waals surface area contributed by atoms with Gasteiger partial charge in [0.05, 0.1) is 11.6 Å². The molecule has 0 bridgehead atoms. The molecule has 0 saturated heterocycles. The summed E-state index contributed by atoms with van der Waals surface area (Å²) in [7, 11) is 0. The molecule has 0 aromatic rings. The fraction of sp³-hybridized carbons (Fsp3) is 0.714. The Morgan fingerprint density at radius 3 is 2.55 bits per heavy atom. The number of nitrogens with two attached hydrogens (primary N) is 1. The molecule has 4 nitrogen and oxygen atoms in total. The highest BCUT2D eigenvalue weighted by Gasteiger charge is 2.07. The molecule has 0 atom stereocenters. The number of hydrogen-bond donors (Lipinski definition) is 1. The lowest BCUT2D eigenvalue weighted by molar-refractivity contribution is -0.147. The van der Waals surface area contributed by atoms with Crippen LogP contribution in [0.15, 0.2) is 5.16 Å². The van der Waals surface area contributed by atoms with Crippen LogP contribution in [0.4, 0.5) is 0 Å². The summed E-state index contributed by atoms with van der Waals surface area (Å²) in [5.41, 5.74) is 5.82. The lowest BCUT2D eigenvalue weighted by atomic mass is 10.2. The lowest BCUT2D eigenvalue weighted by Gasteiger charge is -2.00. The summed E-state index contributed by atoms with van der Waals surface area (Å²) in [6, 6.07) is 0. The van der Waals surface area contributed by atoms with E-state index in [2.05, 4.69) is 9.99 Å². The van der Waals surface area contributed by atoms with Crippen molar-refractivity contribution in [3.05, 3.63) is 0 Å². The summed E-state index contributed by atoms with van der Waals surface area (Å²) >= 11 is 0.